The van der Waals surface area contributed by atoms with Gasteiger partial charge in [0.1, 0.15) is 11.0 Å². The number of amides is 1. The van der Waals surface area contributed by atoms with E-state index < -0.39 is 27.8 Å². The van der Waals surface area contributed by atoms with Crippen LogP contribution >= 0.6 is 11.7 Å². The van der Waals surface area contributed by atoms with Crippen molar-refractivity contribution in [2.24, 2.45) is 0 Å². The number of fused-ring (bicyclic) bond motifs is 1. The Hall–Kier alpha value is -3.63. The number of rotatable bonds is 8. The summed E-state index contributed by atoms with van der Waals surface area (Å²) in [5.74, 6) is -2.36. The Kier molecular flexibility index (Phi) is 6.95. The Morgan fingerprint density at radius 2 is 1.54 bits per heavy atom. The Labute approximate surface area is 207 Å². The minimum atomic E-state index is -4.10. The van der Waals surface area contributed by atoms with Gasteiger partial charge >= 0.3 is 5.97 Å². The van der Waals surface area contributed by atoms with Crippen molar-refractivity contribution in [3.05, 3.63) is 89.0 Å². The van der Waals surface area contributed by atoms with Gasteiger partial charge in [-0.25, -0.2) is 17.9 Å². The number of carbonyl (C=O) groups is 2. The smallest absolute Gasteiger partial charge is 0.335 e. The molecule has 0 aliphatic carbocycles. The molecule has 35 heavy (non-hydrogen) atoms. The summed E-state index contributed by atoms with van der Waals surface area (Å²) >= 11 is 1.05. The highest BCUT2D eigenvalue weighted by Gasteiger charge is 2.27. The monoisotopic (exact) mass is 509 g/mol. The highest BCUT2D eigenvalue weighted by Crippen LogP contribution is 2.26. The predicted molar refractivity (Wildman–Crippen MR) is 133 cm³/mol. The van der Waals surface area contributed by atoms with Gasteiger partial charge in [0, 0.05) is 0 Å². The number of carbonyl (C=O) groups excluding carboxylic acids is 1. The van der Waals surface area contributed by atoms with Crippen LogP contribution in [-0.4, -0.2) is 34.1 Å². The van der Waals surface area contributed by atoms with Crippen LogP contribution in [-0.2, 0) is 21.2 Å². The zero-order valence-electron chi connectivity index (χ0n) is 19.0. The number of nitrogens with zero attached hydrogens (tertiary/aromatic N) is 2. The SMILES string of the molecule is CC(C)c1ccc(S(=O)(=O)NC(=O)C(Cc2ccc(C(=O)O)cc2)c2ccc3nsnc3c2)cc1. The van der Waals surface area contributed by atoms with E-state index in [1.54, 1.807) is 42.5 Å². The first-order chi connectivity index (χ1) is 16.6. The molecule has 0 radical (unpaired) electrons. The molecule has 0 saturated heterocycles. The van der Waals surface area contributed by atoms with Crippen LogP contribution in [0.2, 0.25) is 0 Å². The zero-order valence-corrected chi connectivity index (χ0v) is 20.6. The molecule has 0 spiro atoms. The lowest BCUT2D eigenvalue weighted by atomic mass is 9.91. The van der Waals surface area contributed by atoms with Gasteiger partial charge < -0.3 is 5.11 Å². The summed E-state index contributed by atoms with van der Waals surface area (Å²) in [5, 5.41) is 9.14. The molecule has 1 heterocycles. The molecule has 0 aliphatic heterocycles. The standard InChI is InChI=1S/C25H23N3O5S2/c1-15(2)17-7-10-20(11-8-17)35(32,33)28-24(29)21(13-16-3-5-18(6-4-16)25(30)31)19-9-12-22-23(14-19)27-34-26-22/h3-12,14-15,21H,13H2,1-2H3,(H,28,29)(H,30,31). The summed E-state index contributed by atoms with van der Waals surface area (Å²) in [6, 6.07) is 17.7. The lowest BCUT2D eigenvalue weighted by Gasteiger charge is -2.18. The molecule has 1 amide bonds. The third-order valence-electron chi connectivity index (χ3n) is 5.73. The van der Waals surface area contributed by atoms with Crippen molar-refractivity contribution in [1.29, 1.82) is 0 Å². The van der Waals surface area contributed by atoms with Crippen LogP contribution < -0.4 is 4.72 Å². The van der Waals surface area contributed by atoms with Crippen LogP contribution in [0.25, 0.3) is 11.0 Å². The van der Waals surface area contributed by atoms with Gasteiger partial charge in [-0.05, 0) is 65.4 Å². The first-order valence-corrected chi connectivity index (χ1v) is 13.1. The number of carboxylic acids is 1. The van der Waals surface area contributed by atoms with Crippen molar-refractivity contribution in [2.45, 2.75) is 37.0 Å². The van der Waals surface area contributed by atoms with Crippen LogP contribution in [0, 0.1) is 0 Å². The van der Waals surface area contributed by atoms with Crippen molar-refractivity contribution in [1.82, 2.24) is 13.5 Å². The third kappa shape index (κ3) is 5.55. The van der Waals surface area contributed by atoms with E-state index in [-0.39, 0.29) is 22.8 Å². The number of aromatic carboxylic acids is 1. The van der Waals surface area contributed by atoms with E-state index in [4.69, 9.17) is 5.11 Å². The average Bonchev–Trinajstić information content (AvgIpc) is 3.30. The molecular weight excluding hydrogens is 486 g/mol. The van der Waals surface area contributed by atoms with Crippen LogP contribution in [0.15, 0.2) is 71.6 Å². The molecule has 180 valence electrons. The molecule has 0 bridgehead atoms. The lowest BCUT2D eigenvalue weighted by Crippen LogP contribution is -2.35. The first-order valence-electron chi connectivity index (χ1n) is 10.8. The van der Waals surface area contributed by atoms with Gasteiger partial charge in [-0.3, -0.25) is 4.79 Å². The summed E-state index contributed by atoms with van der Waals surface area (Å²) in [5.41, 5.74) is 3.67. The summed E-state index contributed by atoms with van der Waals surface area (Å²) in [6.07, 6.45) is 0.163. The predicted octanol–water partition coefficient (Wildman–Crippen LogP) is 4.34. The minimum absolute atomic E-state index is 0.000959. The van der Waals surface area contributed by atoms with E-state index in [0.29, 0.717) is 22.2 Å². The number of nitrogens with one attached hydrogen (secondary N) is 1. The van der Waals surface area contributed by atoms with Crippen LogP contribution in [0.1, 0.15) is 52.7 Å². The molecule has 0 saturated carbocycles. The van der Waals surface area contributed by atoms with Gasteiger partial charge in [0.05, 0.1) is 28.1 Å². The molecule has 10 heteroatoms. The maximum Gasteiger partial charge on any atom is 0.335 e. The molecule has 4 rings (SSSR count). The summed E-state index contributed by atoms with van der Waals surface area (Å²) in [6.45, 7) is 4.02. The topological polar surface area (TPSA) is 126 Å². The zero-order chi connectivity index (χ0) is 25.2. The van der Waals surface area contributed by atoms with Gasteiger partial charge in [0.2, 0.25) is 5.91 Å². The van der Waals surface area contributed by atoms with E-state index in [1.807, 2.05) is 13.8 Å². The van der Waals surface area contributed by atoms with Crippen molar-refractivity contribution in [3.63, 3.8) is 0 Å². The summed E-state index contributed by atoms with van der Waals surface area (Å²) in [4.78, 5) is 24.5. The van der Waals surface area contributed by atoms with E-state index in [0.717, 1.165) is 17.3 Å². The first kappa shape index (κ1) is 24.5. The fourth-order valence-electron chi connectivity index (χ4n) is 3.69. The van der Waals surface area contributed by atoms with Crippen molar-refractivity contribution < 1.29 is 23.1 Å². The highest BCUT2D eigenvalue weighted by molar-refractivity contribution is 7.90. The number of hydrogen-bond donors (Lipinski definition) is 2. The van der Waals surface area contributed by atoms with Gasteiger partial charge in [-0.2, -0.15) is 8.75 Å². The van der Waals surface area contributed by atoms with Gasteiger partial charge in [0.25, 0.3) is 10.0 Å². The van der Waals surface area contributed by atoms with E-state index in [1.165, 1.54) is 24.3 Å². The second-order valence-corrected chi connectivity index (χ2v) is 10.7. The molecule has 1 unspecified atom stereocenters. The van der Waals surface area contributed by atoms with Crippen LogP contribution in [0.4, 0.5) is 0 Å². The van der Waals surface area contributed by atoms with Crippen molar-refractivity contribution in [2.75, 3.05) is 0 Å². The fourth-order valence-corrected chi connectivity index (χ4v) is 5.23. The third-order valence-corrected chi connectivity index (χ3v) is 7.65. The van der Waals surface area contributed by atoms with E-state index in [2.05, 4.69) is 13.5 Å². The Morgan fingerprint density at radius 3 is 2.17 bits per heavy atom. The molecule has 0 fully saturated rings. The summed E-state index contributed by atoms with van der Waals surface area (Å²) < 4.78 is 36.6. The number of hydrogen-bond acceptors (Lipinski definition) is 7. The molecule has 0 aliphatic rings. The molecule has 3 aromatic carbocycles. The molecule has 1 aromatic heterocycles. The Balaban J connectivity index is 1.65. The van der Waals surface area contributed by atoms with Gasteiger partial charge in [-0.15, -0.1) is 0 Å². The number of carboxylic acid groups (broad SMARTS) is 1. The molecular formula is C25H23N3O5S2. The van der Waals surface area contributed by atoms with Crippen LogP contribution in [0.3, 0.4) is 0 Å². The average molecular weight is 510 g/mol. The summed E-state index contributed by atoms with van der Waals surface area (Å²) in [7, 11) is -4.10. The molecule has 1 atom stereocenters. The second-order valence-electron chi connectivity index (χ2n) is 8.46. The second kappa shape index (κ2) is 9.93. The Bertz CT molecular complexity index is 1480. The van der Waals surface area contributed by atoms with E-state index in [9.17, 15) is 18.0 Å². The Morgan fingerprint density at radius 1 is 0.914 bits per heavy atom. The van der Waals surface area contributed by atoms with Crippen molar-refractivity contribution in [3.8, 4) is 0 Å². The van der Waals surface area contributed by atoms with Crippen molar-refractivity contribution >= 4 is 44.7 Å². The molecule has 4 aromatic rings. The van der Waals surface area contributed by atoms with E-state index >= 15 is 0 Å². The van der Waals surface area contributed by atoms with Gasteiger partial charge in [0.15, 0.2) is 0 Å². The largest absolute Gasteiger partial charge is 0.478 e. The fraction of sp³-hybridized carbons (Fsp3) is 0.200. The molecule has 2 N–H and O–H groups in total. The minimum Gasteiger partial charge on any atom is -0.478 e. The van der Waals surface area contributed by atoms with Crippen LogP contribution in [0.5, 0.6) is 0 Å². The number of benzene rings is 3. The number of sulfonamides is 1. The maximum atomic E-state index is 13.3. The molecule has 8 nitrogen and oxygen atoms in total. The maximum absolute atomic E-state index is 13.3. The quantitative estimate of drug-likeness (QED) is 0.362. The van der Waals surface area contributed by atoms with Gasteiger partial charge in [-0.1, -0.05) is 44.2 Å². The number of aromatic nitrogens is 2. The highest BCUT2D eigenvalue weighted by atomic mass is 32.2. The lowest BCUT2D eigenvalue weighted by molar-refractivity contribution is -0.120. The normalized spacial score (nSPS) is 12.5.